The van der Waals surface area contributed by atoms with Gasteiger partial charge in [0.25, 0.3) is 0 Å². The molecule has 0 N–H and O–H groups in total. The van der Waals surface area contributed by atoms with E-state index in [2.05, 4.69) is 242 Å². The number of benzene rings is 10. The Kier molecular flexibility index (Phi) is 8.07. The van der Waals surface area contributed by atoms with E-state index >= 15 is 0 Å². The molecule has 1 spiro atoms. The minimum atomic E-state index is -0.376. The topological polar surface area (TPSA) is 16.4 Å². The summed E-state index contributed by atoms with van der Waals surface area (Å²) in [5.74, 6) is 0. The molecule has 0 fully saturated rings. The van der Waals surface area contributed by atoms with Gasteiger partial charge in [-0.3, -0.25) is 0 Å². The second-order valence-corrected chi connectivity index (χ2v) is 17.2. The van der Waals surface area contributed by atoms with Gasteiger partial charge in [0.15, 0.2) is 0 Å². The van der Waals surface area contributed by atoms with E-state index in [-0.39, 0.29) is 5.41 Å². The molecule has 2 aliphatic carbocycles. The number of hydrogen-bond acceptors (Lipinski definition) is 2. The molecule has 2 nitrogen and oxygen atoms in total. The lowest BCUT2D eigenvalue weighted by molar-refractivity contribution is 0.670. The van der Waals surface area contributed by atoms with Crippen LogP contribution in [0.3, 0.4) is 0 Å². The van der Waals surface area contributed by atoms with Gasteiger partial charge in [0.2, 0.25) is 0 Å². The second kappa shape index (κ2) is 14.2. The van der Waals surface area contributed by atoms with Gasteiger partial charge in [0, 0.05) is 33.4 Å². The minimum Gasteiger partial charge on any atom is -0.455 e. The highest BCUT2D eigenvalue weighted by Gasteiger charge is 2.51. The smallest absolute Gasteiger partial charge is 0.143 e. The Balaban J connectivity index is 0.925. The number of nitrogens with zero attached hydrogens (tertiary/aromatic N) is 1. The standard InChI is InChI=1S/C62H41NO/c1-40-25-38-59-54(39-40)52-20-11-19-49(61(52)64-59)44-30-36-47(37-31-44)63(45-32-26-42(27-33-45)41-13-3-2-4-14-41)46-34-28-43(29-35-46)48-18-12-24-58-60(48)53-17-7-10-23-57(53)62(58)55-21-8-5-15-50(55)51-16-6-9-22-56(51)62/h2-39H,1H3. The van der Waals surface area contributed by atoms with Crippen molar-refractivity contribution in [2.75, 3.05) is 4.90 Å². The molecule has 300 valence electrons. The summed E-state index contributed by atoms with van der Waals surface area (Å²) >= 11 is 0. The van der Waals surface area contributed by atoms with Crippen molar-refractivity contribution in [2.24, 2.45) is 0 Å². The van der Waals surface area contributed by atoms with Gasteiger partial charge in [-0.2, -0.15) is 0 Å². The third kappa shape index (κ3) is 5.33. The molecule has 1 heterocycles. The fourth-order valence-electron chi connectivity index (χ4n) is 11.0. The maximum atomic E-state index is 6.50. The van der Waals surface area contributed by atoms with Gasteiger partial charge < -0.3 is 9.32 Å². The molecular formula is C62H41NO. The summed E-state index contributed by atoms with van der Waals surface area (Å²) in [5.41, 5.74) is 23.6. The fraction of sp³-hybridized carbons (Fsp3) is 0.0323. The van der Waals surface area contributed by atoms with E-state index in [4.69, 9.17) is 4.42 Å². The zero-order valence-electron chi connectivity index (χ0n) is 35.3. The molecule has 0 saturated carbocycles. The van der Waals surface area contributed by atoms with Crippen LogP contribution in [0.4, 0.5) is 17.1 Å². The van der Waals surface area contributed by atoms with Crippen molar-refractivity contribution in [2.45, 2.75) is 12.3 Å². The summed E-state index contributed by atoms with van der Waals surface area (Å²) in [4.78, 5) is 2.36. The average molecular weight is 816 g/mol. The normalized spacial score (nSPS) is 12.9. The first-order valence-electron chi connectivity index (χ1n) is 22.2. The number of hydrogen-bond donors (Lipinski definition) is 0. The fourth-order valence-corrected chi connectivity index (χ4v) is 11.0. The quantitative estimate of drug-likeness (QED) is 0.166. The first-order valence-corrected chi connectivity index (χ1v) is 22.2. The number of para-hydroxylation sites is 1. The van der Waals surface area contributed by atoms with Crippen molar-refractivity contribution in [3.05, 3.63) is 258 Å². The van der Waals surface area contributed by atoms with Crippen LogP contribution in [0.2, 0.25) is 0 Å². The van der Waals surface area contributed by atoms with Crippen molar-refractivity contribution in [1.82, 2.24) is 0 Å². The van der Waals surface area contributed by atoms with Gasteiger partial charge in [0.05, 0.1) is 5.41 Å². The van der Waals surface area contributed by atoms with Crippen LogP contribution in [-0.2, 0) is 5.41 Å². The molecule has 0 atom stereocenters. The van der Waals surface area contributed by atoms with Gasteiger partial charge in [0.1, 0.15) is 11.2 Å². The van der Waals surface area contributed by atoms with Gasteiger partial charge >= 0.3 is 0 Å². The lowest BCUT2D eigenvalue weighted by Gasteiger charge is -2.30. The first kappa shape index (κ1) is 36.5. The Hall–Kier alpha value is -8.20. The van der Waals surface area contributed by atoms with Crippen molar-refractivity contribution in [1.29, 1.82) is 0 Å². The van der Waals surface area contributed by atoms with Gasteiger partial charge in [-0.15, -0.1) is 0 Å². The summed E-state index contributed by atoms with van der Waals surface area (Å²) in [6, 6.07) is 84.5. The van der Waals surface area contributed by atoms with Gasteiger partial charge in [-0.25, -0.2) is 0 Å². The van der Waals surface area contributed by atoms with Crippen LogP contribution < -0.4 is 4.90 Å². The van der Waals surface area contributed by atoms with Crippen LogP contribution in [0.25, 0.3) is 77.6 Å². The van der Waals surface area contributed by atoms with Gasteiger partial charge in [-0.1, -0.05) is 188 Å². The molecule has 0 radical (unpaired) electrons. The van der Waals surface area contributed by atoms with Crippen molar-refractivity contribution >= 4 is 39.0 Å². The minimum absolute atomic E-state index is 0.376. The Morgan fingerprint density at radius 3 is 1.45 bits per heavy atom. The van der Waals surface area contributed by atoms with Crippen molar-refractivity contribution in [3.8, 4) is 55.6 Å². The van der Waals surface area contributed by atoms with Crippen LogP contribution in [0, 0.1) is 6.92 Å². The van der Waals surface area contributed by atoms with Crippen LogP contribution >= 0.6 is 0 Å². The van der Waals surface area contributed by atoms with Crippen LogP contribution in [0.5, 0.6) is 0 Å². The van der Waals surface area contributed by atoms with Crippen LogP contribution in [0.15, 0.2) is 235 Å². The molecule has 1 aromatic heterocycles. The SMILES string of the molecule is Cc1ccc2oc3c(-c4ccc(N(c5ccc(-c6ccccc6)cc5)c5ccc(-c6cccc7c6-c6ccccc6C76c7ccccc7-c7ccccc76)cc5)cc4)cccc3c2c1. The maximum Gasteiger partial charge on any atom is 0.143 e. The van der Waals surface area contributed by atoms with Crippen molar-refractivity contribution < 1.29 is 4.42 Å². The van der Waals surface area contributed by atoms with Gasteiger partial charge in [-0.05, 0) is 128 Å². The number of rotatable bonds is 6. The van der Waals surface area contributed by atoms with Crippen LogP contribution in [0.1, 0.15) is 27.8 Å². The molecule has 64 heavy (non-hydrogen) atoms. The molecule has 0 unspecified atom stereocenters. The Morgan fingerprint density at radius 1 is 0.344 bits per heavy atom. The second-order valence-electron chi connectivity index (χ2n) is 17.2. The molecule has 0 aliphatic heterocycles. The van der Waals surface area contributed by atoms with Crippen LogP contribution in [-0.4, -0.2) is 0 Å². The number of fused-ring (bicyclic) bond motifs is 13. The highest BCUT2D eigenvalue weighted by atomic mass is 16.3. The number of aryl methyl sites for hydroxylation is 1. The molecule has 2 aliphatic rings. The van der Waals surface area contributed by atoms with Crippen molar-refractivity contribution in [3.63, 3.8) is 0 Å². The molecule has 13 rings (SSSR count). The lowest BCUT2D eigenvalue weighted by Crippen LogP contribution is -2.25. The molecule has 0 bridgehead atoms. The van der Waals surface area contributed by atoms with E-state index < -0.39 is 0 Å². The first-order chi connectivity index (χ1) is 31.6. The average Bonchev–Trinajstić information content (AvgIpc) is 3.99. The largest absolute Gasteiger partial charge is 0.455 e. The summed E-state index contributed by atoms with van der Waals surface area (Å²) in [6.07, 6.45) is 0. The zero-order valence-corrected chi connectivity index (χ0v) is 35.3. The third-order valence-corrected chi connectivity index (χ3v) is 13.8. The molecular weight excluding hydrogens is 775 g/mol. The third-order valence-electron chi connectivity index (χ3n) is 13.8. The van der Waals surface area contributed by atoms with E-state index in [0.717, 1.165) is 50.1 Å². The van der Waals surface area contributed by atoms with E-state index in [1.165, 1.54) is 72.3 Å². The Labute approximate surface area is 373 Å². The Bertz CT molecular complexity index is 3550. The number of furan rings is 1. The number of anilines is 3. The van der Waals surface area contributed by atoms with E-state index in [0.29, 0.717) is 0 Å². The zero-order chi connectivity index (χ0) is 42.4. The monoisotopic (exact) mass is 815 g/mol. The summed E-state index contributed by atoms with van der Waals surface area (Å²) in [7, 11) is 0. The predicted octanol–water partition coefficient (Wildman–Crippen LogP) is 16.7. The summed E-state index contributed by atoms with van der Waals surface area (Å²) in [5, 5.41) is 2.29. The molecule has 0 saturated heterocycles. The molecule has 11 aromatic rings. The molecule has 10 aromatic carbocycles. The lowest BCUT2D eigenvalue weighted by atomic mass is 9.70. The van der Waals surface area contributed by atoms with E-state index in [9.17, 15) is 0 Å². The maximum absolute atomic E-state index is 6.50. The van der Waals surface area contributed by atoms with E-state index in [1.807, 2.05) is 0 Å². The Morgan fingerprint density at radius 2 is 0.812 bits per heavy atom. The summed E-state index contributed by atoms with van der Waals surface area (Å²) in [6.45, 7) is 2.13. The highest BCUT2D eigenvalue weighted by molar-refractivity contribution is 6.10. The predicted molar refractivity (Wildman–Crippen MR) is 266 cm³/mol. The van der Waals surface area contributed by atoms with E-state index in [1.54, 1.807) is 0 Å². The molecule has 0 amide bonds. The highest BCUT2D eigenvalue weighted by Crippen LogP contribution is 2.64. The summed E-state index contributed by atoms with van der Waals surface area (Å²) < 4.78 is 6.50. The molecule has 2 heteroatoms.